The van der Waals surface area contributed by atoms with Gasteiger partial charge in [-0.3, -0.25) is 14.4 Å². The first-order valence-electron chi connectivity index (χ1n) is 5.84. The SMILES string of the molecule is CC(=O)C(=O)C12CCC(O1)C1COC(=O)C12C. The molecular formula is C12H14O5. The Morgan fingerprint density at radius 2 is 2.12 bits per heavy atom. The van der Waals surface area contributed by atoms with Gasteiger partial charge in [0.1, 0.15) is 5.41 Å². The first kappa shape index (κ1) is 10.9. The van der Waals surface area contributed by atoms with Gasteiger partial charge in [0.2, 0.25) is 5.78 Å². The van der Waals surface area contributed by atoms with E-state index < -0.39 is 28.6 Å². The number of hydrogen-bond acceptors (Lipinski definition) is 5. The van der Waals surface area contributed by atoms with E-state index in [2.05, 4.69) is 0 Å². The fourth-order valence-electron chi connectivity index (χ4n) is 3.65. The minimum absolute atomic E-state index is 0.0907. The molecule has 3 aliphatic rings. The highest BCUT2D eigenvalue weighted by Gasteiger charge is 2.76. The third kappa shape index (κ3) is 0.972. The van der Waals surface area contributed by atoms with Crippen LogP contribution in [-0.4, -0.2) is 35.8 Å². The number of esters is 1. The Labute approximate surface area is 98.4 Å². The molecule has 3 aliphatic heterocycles. The van der Waals surface area contributed by atoms with Crippen LogP contribution in [0.3, 0.4) is 0 Å². The summed E-state index contributed by atoms with van der Waals surface area (Å²) < 4.78 is 10.8. The molecule has 92 valence electrons. The van der Waals surface area contributed by atoms with E-state index in [0.717, 1.165) is 6.42 Å². The molecule has 5 heteroatoms. The van der Waals surface area contributed by atoms with Crippen LogP contribution in [0.25, 0.3) is 0 Å². The van der Waals surface area contributed by atoms with Gasteiger partial charge in [-0.05, 0) is 19.8 Å². The van der Waals surface area contributed by atoms with Crippen LogP contribution >= 0.6 is 0 Å². The molecule has 5 nitrogen and oxygen atoms in total. The maximum atomic E-state index is 12.1. The number of ether oxygens (including phenoxy) is 2. The largest absolute Gasteiger partial charge is 0.465 e. The Kier molecular flexibility index (Phi) is 1.90. The second-order valence-corrected chi connectivity index (χ2v) is 5.31. The number of rotatable bonds is 2. The van der Waals surface area contributed by atoms with E-state index >= 15 is 0 Å². The van der Waals surface area contributed by atoms with E-state index in [9.17, 15) is 14.4 Å². The van der Waals surface area contributed by atoms with Gasteiger partial charge in [0.15, 0.2) is 11.4 Å². The third-order valence-corrected chi connectivity index (χ3v) is 4.67. The number of hydrogen-bond donors (Lipinski definition) is 0. The Bertz CT molecular complexity index is 442. The first-order chi connectivity index (χ1) is 7.93. The Balaban J connectivity index is 2.13. The molecule has 3 saturated heterocycles. The topological polar surface area (TPSA) is 69.7 Å². The van der Waals surface area contributed by atoms with Gasteiger partial charge in [-0.25, -0.2) is 0 Å². The van der Waals surface area contributed by atoms with Gasteiger partial charge >= 0.3 is 5.97 Å². The zero-order valence-corrected chi connectivity index (χ0v) is 9.82. The number of carbonyl (C=O) groups is 3. The normalized spacial score (nSPS) is 46.8. The standard InChI is InChI=1S/C12H14O5/c1-6(13)9(14)12-4-3-8(17-12)7-5-16-10(15)11(7,12)2/h7-8H,3-5H2,1-2H3. The monoisotopic (exact) mass is 238 g/mol. The zero-order valence-electron chi connectivity index (χ0n) is 9.82. The minimum Gasteiger partial charge on any atom is -0.465 e. The van der Waals surface area contributed by atoms with Gasteiger partial charge in [-0.2, -0.15) is 0 Å². The lowest BCUT2D eigenvalue weighted by molar-refractivity contribution is -0.166. The molecule has 0 N–H and O–H groups in total. The van der Waals surface area contributed by atoms with Gasteiger partial charge in [-0.15, -0.1) is 0 Å². The lowest BCUT2D eigenvalue weighted by atomic mass is 9.60. The van der Waals surface area contributed by atoms with Crippen LogP contribution in [0.4, 0.5) is 0 Å². The van der Waals surface area contributed by atoms with Crippen molar-refractivity contribution >= 4 is 17.5 Å². The molecule has 0 aromatic carbocycles. The van der Waals surface area contributed by atoms with E-state index in [0.29, 0.717) is 13.0 Å². The third-order valence-electron chi connectivity index (χ3n) is 4.67. The molecule has 3 fully saturated rings. The first-order valence-corrected chi connectivity index (χ1v) is 5.84. The van der Waals surface area contributed by atoms with Crippen LogP contribution in [0.5, 0.6) is 0 Å². The molecule has 0 spiro atoms. The van der Waals surface area contributed by atoms with Crippen molar-refractivity contribution in [2.24, 2.45) is 11.3 Å². The summed E-state index contributed by atoms with van der Waals surface area (Å²) in [5.41, 5.74) is -2.24. The van der Waals surface area contributed by atoms with Crippen molar-refractivity contribution in [3.8, 4) is 0 Å². The summed E-state index contributed by atoms with van der Waals surface area (Å²) in [5, 5.41) is 0. The van der Waals surface area contributed by atoms with Crippen molar-refractivity contribution in [1.82, 2.24) is 0 Å². The van der Waals surface area contributed by atoms with Crippen molar-refractivity contribution in [3.05, 3.63) is 0 Å². The van der Waals surface area contributed by atoms with Crippen LogP contribution in [0, 0.1) is 11.3 Å². The smallest absolute Gasteiger partial charge is 0.315 e. The van der Waals surface area contributed by atoms with Gasteiger partial charge in [0.05, 0.1) is 12.7 Å². The van der Waals surface area contributed by atoms with Crippen LogP contribution in [0.2, 0.25) is 0 Å². The Morgan fingerprint density at radius 1 is 1.41 bits per heavy atom. The summed E-state index contributed by atoms with van der Waals surface area (Å²) in [6.45, 7) is 3.23. The number of cyclic esters (lactones) is 1. The van der Waals surface area contributed by atoms with Crippen molar-refractivity contribution < 1.29 is 23.9 Å². The highest BCUT2D eigenvalue weighted by Crippen LogP contribution is 2.62. The fourth-order valence-corrected chi connectivity index (χ4v) is 3.65. The van der Waals surface area contributed by atoms with Crippen molar-refractivity contribution in [2.45, 2.75) is 38.4 Å². The quantitative estimate of drug-likeness (QED) is 0.509. The van der Waals surface area contributed by atoms with Crippen LogP contribution in [-0.2, 0) is 23.9 Å². The van der Waals surface area contributed by atoms with Crippen molar-refractivity contribution in [1.29, 1.82) is 0 Å². The van der Waals surface area contributed by atoms with E-state index in [-0.39, 0.29) is 12.0 Å². The Morgan fingerprint density at radius 3 is 2.76 bits per heavy atom. The molecule has 0 radical (unpaired) electrons. The summed E-state index contributed by atoms with van der Waals surface area (Å²) in [4.78, 5) is 35.4. The maximum absolute atomic E-state index is 12.1. The molecule has 0 aromatic rings. The molecule has 0 amide bonds. The summed E-state index contributed by atoms with van der Waals surface area (Å²) in [7, 11) is 0. The predicted molar refractivity (Wildman–Crippen MR) is 55.1 cm³/mol. The van der Waals surface area contributed by atoms with Gasteiger partial charge in [-0.1, -0.05) is 0 Å². The molecule has 3 rings (SSSR count). The lowest BCUT2D eigenvalue weighted by Gasteiger charge is -2.36. The molecule has 0 aliphatic carbocycles. The van der Waals surface area contributed by atoms with E-state index in [1.807, 2.05) is 0 Å². The number of carbonyl (C=O) groups excluding carboxylic acids is 3. The molecule has 3 heterocycles. The fraction of sp³-hybridized carbons (Fsp3) is 0.750. The van der Waals surface area contributed by atoms with Gasteiger partial charge < -0.3 is 9.47 Å². The molecule has 0 saturated carbocycles. The zero-order chi connectivity index (χ0) is 12.4. The Hall–Kier alpha value is -1.23. The minimum atomic E-state index is -1.26. The lowest BCUT2D eigenvalue weighted by Crippen LogP contribution is -2.56. The van der Waals surface area contributed by atoms with Crippen LogP contribution < -0.4 is 0 Å². The summed E-state index contributed by atoms with van der Waals surface area (Å²) in [6, 6.07) is 0. The van der Waals surface area contributed by atoms with Crippen LogP contribution in [0.1, 0.15) is 26.7 Å². The molecule has 4 unspecified atom stereocenters. The molecule has 17 heavy (non-hydrogen) atoms. The highest BCUT2D eigenvalue weighted by molar-refractivity contribution is 6.40. The molecule has 0 aromatic heterocycles. The number of Topliss-reactive ketones (excluding diaryl/α,β-unsaturated/α-hetero) is 2. The van der Waals surface area contributed by atoms with Crippen molar-refractivity contribution in [2.75, 3.05) is 6.61 Å². The predicted octanol–water partition coefficient (Wildman–Crippen LogP) is 0.255. The van der Waals surface area contributed by atoms with E-state index in [1.54, 1.807) is 6.92 Å². The summed E-state index contributed by atoms with van der Waals surface area (Å²) in [5.74, 6) is -1.62. The van der Waals surface area contributed by atoms with Crippen molar-refractivity contribution in [3.63, 3.8) is 0 Å². The number of fused-ring (bicyclic) bond motifs is 5. The second-order valence-electron chi connectivity index (χ2n) is 5.31. The summed E-state index contributed by atoms with van der Waals surface area (Å²) in [6.07, 6.45) is 1.03. The molecule has 2 bridgehead atoms. The average Bonchev–Trinajstić information content (AvgIpc) is 2.89. The number of ketones is 2. The second kappa shape index (κ2) is 2.96. The van der Waals surface area contributed by atoms with E-state index in [1.165, 1.54) is 6.92 Å². The average molecular weight is 238 g/mol. The molecular weight excluding hydrogens is 224 g/mol. The van der Waals surface area contributed by atoms with Crippen LogP contribution in [0.15, 0.2) is 0 Å². The highest BCUT2D eigenvalue weighted by atomic mass is 16.6. The van der Waals surface area contributed by atoms with Gasteiger partial charge in [0.25, 0.3) is 0 Å². The molecule has 4 atom stereocenters. The maximum Gasteiger partial charge on any atom is 0.315 e. The van der Waals surface area contributed by atoms with E-state index in [4.69, 9.17) is 9.47 Å². The van der Waals surface area contributed by atoms with Gasteiger partial charge in [0, 0.05) is 12.8 Å². The summed E-state index contributed by atoms with van der Waals surface area (Å²) >= 11 is 0.